The van der Waals surface area contributed by atoms with Gasteiger partial charge in [0.05, 0.1) is 24.4 Å². The van der Waals surface area contributed by atoms with E-state index in [1.807, 2.05) is 29.2 Å². The summed E-state index contributed by atoms with van der Waals surface area (Å²) in [6.07, 6.45) is 1.72. The molecule has 0 atom stereocenters. The first-order valence-corrected chi connectivity index (χ1v) is 8.92. The number of hydrogen-bond donors (Lipinski definition) is 1. The molecular weight excluding hydrogens is 347 g/mol. The summed E-state index contributed by atoms with van der Waals surface area (Å²) in [6.45, 7) is 3.43. The van der Waals surface area contributed by atoms with Gasteiger partial charge in [-0.15, -0.1) is 0 Å². The summed E-state index contributed by atoms with van der Waals surface area (Å²) in [5, 5.41) is 7.87. The highest BCUT2D eigenvalue weighted by molar-refractivity contribution is 6.05. The summed E-state index contributed by atoms with van der Waals surface area (Å²) in [5.41, 5.74) is 2.32. The molecule has 140 valence electrons. The van der Waals surface area contributed by atoms with Crippen LogP contribution in [-0.4, -0.2) is 59.2 Å². The molecule has 1 saturated heterocycles. The van der Waals surface area contributed by atoms with E-state index in [0.29, 0.717) is 25.2 Å². The largest absolute Gasteiger partial charge is 0.494 e. The van der Waals surface area contributed by atoms with Gasteiger partial charge in [-0.1, -0.05) is 18.2 Å². The predicted molar refractivity (Wildman–Crippen MR) is 100 cm³/mol. The highest BCUT2D eigenvalue weighted by atomic mass is 19.1. The Labute approximate surface area is 156 Å². The van der Waals surface area contributed by atoms with E-state index in [1.165, 1.54) is 13.2 Å². The maximum Gasteiger partial charge on any atom is 0.256 e. The van der Waals surface area contributed by atoms with Crippen molar-refractivity contribution < 1.29 is 13.9 Å². The first kappa shape index (κ1) is 17.5. The van der Waals surface area contributed by atoms with Crippen LogP contribution in [0.2, 0.25) is 0 Å². The molecule has 1 N–H and O–H groups in total. The fourth-order valence-corrected chi connectivity index (χ4v) is 3.49. The third-order valence-electron chi connectivity index (χ3n) is 4.99. The Kier molecular flexibility index (Phi) is 4.77. The van der Waals surface area contributed by atoms with Gasteiger partial charge in [0.1, 0.15) is 0 Å². The molecule has 2 aromatic carbocycles. The van der Waals surface area contributed by atoms with Crippen LogP contribution in [0.4, 0.5) is 4.39 Å². The number of carbonyl (C=O) groups is 1. The van der Waals surface area contributed by atoms with Gasteiger partial charge >= 0.3 is 0 Å². The standard InChI is InChI=1S/C20H21FN4O2/c1-27-18-6-5-14(11-17(18)21)13-24-7-9-25(10-8-24)20(26)16-4-2-3-15-12-22-23-19(15)16/h2-6,11-12H,7-10,13H2,1H3,(H,22,23). The molecular formula is C20H21FN4O2. The Morgan fingerprint density at radius 2 is 2.04 bits per heavy atom. The van der Waals surface area contributed by atoms with Crippen molar-refractivity contribution in [3.8, 4) is 5.75 Å². The van der Waals surface area contributed by atoms with E-state index < -0.39 is 0 Å². The number of amides is 1. The number of nitrogens with zero attached hydrogens (tertiary/aromatic N) is 3. The van der Waals surface area contributed by atoms with E-state index in [-0.39, 0.29) is 17.5 Å². The minimum absolute atomic E-state index is 0.0139. The van der Waals surface area contributed by atoms with Crippen molar-refractivity contribution in [1.82, 2.24) is 20.0 Å². The van der Waals surface area contributed by atoms with Crippen LogP contribution >= 0.6 is 0 Å². The molecule has 27 heavy (non-hydrogen) atoms. The second-order valence-corrected chi connectivity index (χ2v) is 6.68. The van der Waals surface area contributed by atoms with E-state index >= 15 is 0 Å². The molecule has 0 unspecified atom stereocenters. The van der Waals surface area contributed by atoms with Gasteiger partial charge in [0.2, 0.25) is 0 Å². The van der Waals surface area contributed by atoms with E-state index in [0.717, 1.165) is 29.6 Å². The van der Waals surface area contributed by atoms with Gasteiger partial charge in [-0.2, -0.15) is 5.10 Å². The monoisotopic (exact) mass is 368 g/mol. The lowest BCUT2D eigenvalue weighted by atomic mass is 10.1. The van der Waals surface area contributed by atoms with Gasteiger partial charge in [-0.05, 0) is 23.8 Å². The lowest BCUT2D eigenvalue weighted by Crippen LogP contribution is -2.48. The number of benzene rings is 2. The van der Waals surface area contributed by atoms with Crippen LogP contribution in [0.1, 0.15) is 15.9 Å². The van der Waals surface area contributed by atoms with E-state index in [9.17, 15) is 9.18 Å². The number of aromatic amines is 1. The zero-order valence-corrected chi connectivity index (χ0v) is 15.1. The number of hydrogen-bond acceptors (Lipinski definition) is 4. The number of ether oxygens (including phenoxy) is 1. The molecule has 0 spiro atoms. The molecule has 1 amide bonds. The molecule has 1 fully saturated rings. The second kappa shape index (κ2) is 7.36. The number of H-pyrrole nitrogens is 1. The quantitative estimate of drug-likeness (QED) is 0.769. The third kappa shape index (κ3) is 3.50. The number of para-hydroxylation sites is 1. The summed E-state index contributed by atoms with van der Waals surface area (Å²) < 4.78 is 18.8. The van der Waals surface area contributed by atoms with E-state index in [2.05, 4.69) is 15.1 Å². The van der Waals surface area contributed by atoms with Gasteiger partial charge in [-0.25, -0.2) is 4.39 Å². The van der Waals surface area contributed by atoms with Crippen LogP contribution in [0.25, 0.3) is 10.9 Å². The van der Waals surface area contributed by atoms with Crippen LogP contribution in [0.15, 0.2) is 42.6 Å². The smallest absolute Gasteiger partial charge is 0.256 e. The fourth-order valence-electron chi connectivity index (χ4n) is 3.49. The van der Waals surface area contributed by atoms with Crippen LogP contribution in [0.5, 0.6) is 5.75 Å². The lowest BCUT2D eigenvalue weighted by Gasteiger charge is -2.34. The zero-order chi connectivity index (χ0) is 18.8. The number of piperazine rings is 1. The van der Waals surface area contributed by atoms with Crippen molar-refractivity contribution in [3.05, 3.63) is 59.5 Å². The minimum Gasteiger partial charge on any atom is -0.494 e. The maximum absolute atomic E-state index is 13.9. The van der Waals surface area contributed by atoms with Gasteiger partial charge < -0.3 is 9.64 Å². The average Bonchev–Trinajstić information content (AvgIpc) is 3.17. The fraction of sp³-hybridized carbons (Fsp3) is 0.300. The molecule has 0 bridgehead atoms. The van der Waals surface area contributed by atoms with Crippen molar-refractivity contribution >= 4 is 16.8 Å². The lowest BCUT2D eigenvalue weighted by molar-refractivity contribution is 0.0630. The molecule has 3 aromatic rings. The topological polar surface area (TPSA) is 61.5 Å². The Morgan fingerprint density at radius 3 is 2.78 bits per heavy atom. The summed E-state index contributed by atoms with van der Waals surface area (Å²) in [5.74, 6) is -0.0846. The van der Waals surface area contributed by atoms with Crippen LogP contribution in [-0.2, 0) is 6.54 Å². The van der Waals surface area contributed by atoms with E-state index in [1.54, 1.807) is 12.3 Å². The Morgan fingerprint density at radius 1 is 1.22 bits per heavy atom. The first-order chi connectivity index (χ1) is 13.2. The number of nitrogens with one attached hydrogen (secondary N) is 1. The summed E-state index contributed by atoms with van der Waals surface area (Å²) in [7, 11) is 1.46. The van der Waals surface area contributed by atoms with Crippen LogP contribution < -0.4 is 4.74 Å². The van der Waals surface area contributed by atoms with Crippen molar-refractivity contribution in [2.75, 3.05) is 33.3 Å². The van der Waals surface area contributed by atoms with Crippen molar-refractivity contribution in [2.24, 2.45) is 0 Å². The SMILES string of the molecule is COc1ccc(CN2CCN(C(=O)c3cccc4cn[nH]c34)CC2)cc1F. The Bertz CT molecular complexity index is 964. The summed E-state index contributed by atoms with van der Waals surface area (Å²) in [4.78, 5) is 17.0. The van der Waals surface area contributed by atoms with Crippen molar-refractivity contribution in [2.45, 2.75) is 6.54 Å². The molecule has 6 nitrogen and oxygen atoms in total. The highest BCUT2D eigenvalue weighted by Crippen LogP contribution is 2.21. The van der Waals surface area contributed by atoms with Gasteiger partial charge in [0.25, 0.3) is 5.91 Å². The number of rotatable bonds is 4. The van der Waals surface area contributed by atoms with Gasteiger partial charge in [-0.3, -0.25) is 14.8 Å². The molecule has 1 aliphatic rings. The normalized spacial score (nSPS) is 15.3. The molecule has 4 rings (SSSR count). The first-order valence-electron chi connectivity index (χ1n) is 8.92. The van der Waals surface area contributed by atoms with Crippen LogP contribution in [0.3, 0.4) is 0 Å². The van der Waals surface area contributed by atoms with Gasteiger partial charge in [0.15, 0.2) is 11.6 Å². The summed E-state index contributed by atoms with van der Waals surface area (Å²) >= 11 is 0. The van der Waals surface area contributed by atoms with E-state index in [4.69, 9.17) is 4.74 Å². The number of methoxy groups -OCH3 is 1. The summed E-state index contributed by atoms with van der Waals surface area (Å²) in [6, 6.07) is 10.7. The van der Waals surface area contributed by atoms with Crippen LogP contribution in [0, 0.1) is 5.82 Å². The number of aromatic nitrogens is 2. The highest BCUT2D eigenvalue weighted by Gasteiger charge is 2.24. The number of fused-ring (bicyclic) bond motifs is 1. The minimum atomic E-state index is -0.350. The predicted octanol–water partition coefficient (Wildman–Crippen LogP) is 2.67. The van der Waals surface area contributed by atoms with Gasteiger partial charge in [0, 0.05) is 38.1 Å². The second-order valence-electron chi connectivity index (χ2n) is 6.68. The molecule has 2 heterocycles. The molecule has 0 aliphatic carbocycles. The maximum atomic E-state index is 13.9. The molecule has 0 radical (unpaired) electrons. The average molecular weight is 368 g/mol. The number of carbonyl (C=O) groups excluding carboxylic acids is 1. The van der Waals surface area contributed by atoms with Crippen molar-refractivity contribution in [3.63, 3.8) is 0 Å². The molecule has 7 heteroatoms. The number of halogens is 1. The third-order valence-corrected chi connectivity index (χ3v) is 4.99. The Hall–Kier alpha value is -2.93. The van der Waals surface area contributed by atoms with Crippen molar-refractivity contribution in [1.29, 1.82) is 0 Å². The molecule has 1 aromatic heterocycles. The molecule has 0 saturated carbocycles. The molecule has 1 aliphatic heterocycles. The zero-order valence-electron chi connectivity index (χ0n) is 15.1. The Balaban J connectivity index is 1.39.